The monoisotopic (exact) mass is 282 g/mol. The minimum atomic E-state index is 0. The molecule has 1 saturated heterocycles. The maximum Gasteiger partial charge on any atom is 0.224 e. The maximum absolute atomic E-state index is 11.9. The minimum Gasteiger partial charge on any atom is -0.326 e. The van der Waals surface area contributed by atoms with Crippen molar-refractivity contribution < 1.29 is 4.79 Å². The lowest BCUT2D eigenvalue weighted by Crippen LogP contribution is -2.34. The molecule has 1 aliphatic rings. The molecule has 4 heteroatoms. The first-order chi connectivity index (χ1) is 8.75. The first kappa shape index (κ1) is 16.0. The van der Waals surface area contributed by atoms with Crippen molar-refractivity contribution in [3.63, 3.8) is 0 Å². The van der Waals surface area contributed by atoms with Crippen LogP contribution >= 0.6 is 12.4 Å². The van der Waals surface area contributed by atoms with Gasteiger partial charge in [-0.05, 0) is 49.9 Å². The summed E-state index contributed by atoms with van der Waals surface area (Å²) in [6.45, 7) is 4.36. The van der Waals surface area contributed by atoms with Crippen molar-refractivity contribution in [1.29, 1.82) is 0 Å². The zero-order valence-corrected chi connectivity index (χ0v) is 12.2. The van der Waals surface area contributed by atoms with Crippen LogP contribution in [0.1, 0.15) is 26.2 Å². The number of para-hydroxylation sites is 1. The molecule has 0 aromatic heterocycles. The van der Waals surface area contributed by atoms with Crippen molar-refractivity contribution in [3.05, 3.63) is 30.3 Å². The lowest BCUT2D eigenvalue weighted by Gasteiger charge is -2.28. The third-order valence-corrected chi connectivity index (χ3v) is 3.70. The zero-order chi connectivity index (χ0) is 12.8. The highest BCUT2D eigenvalue weighted by Crippen LogP contribution is 2.22. The van der Waals surface area contributed by atoms with Gasteiger partial charge in [0.15, 0.2) is 0 Å². The number of nitrogens with one attached hydrogen (secondary N) is 2. The summed E-state index contributed by atoms with van der Waals surface area (Å²) in [6, 6.07) is 9.66. The topological polar surface area (TPSA) is 41.1 Å². The Morgan fingerprint density at radius 3 is 2.79 bits per heavy atom. The van der Waals surface area contributed by atoms with E-state index in [0.29, 0.717) is 18.3 Å². The van der Waals surface area contributed by atoms with E-state index in [-0.39, 0.29) is 18.3 Å². The molecule has 19 heavy (non-hydrogen) atoms. The van der Waals surface area contributed by atoms with Crippen LogP contribution in [0.15, 0.2) is 30.3 Å². The highest BCUT2D eigenvalue weighted by atomic mass is 35.5. The summed E-state index contributed by atoms with van der Waals surface area (Å²) in [6.07, 6.45) is 3.09. The van der Waals surface area contributed by atoms with E-state index >= 15 is 0 Å². The first-order valence-corrected chi connectivity index (χ1v) is 6.81. The molecule has 2 N–H and O–H groups in total. The van der Waals surface area contributed by atoms with E-state index in [0.717, 1.165) is 18.8 Å². The summed E-state index contributed by atoms with van der Waals surface area (Å²) in [7, 11) is 0. The second kappa shape index (κ2) is 8.18. The van der Waals surface area contributed by atoms with Crippen LogP contribution in [0.5, 0.6) is 0 Å². The van der Waals surface area contributed by atoms with E-state index in [1.807, 2.05) is 30.3 Å². The molecule has 1 fully saturated rings. The normalized spacial score (nSPS) is 20.2. The van der Waals surface area contributed by atoms with Gasteiger partial charge in [-0.3, -0.25) is 4.79 Å². The number of rotatable bonds is 4. The van der Waals surface area contributed by atoms with Crippen molar-refractivity contribution in [1.82, 2.24) is 5.32 Å². The van der Waals surface area contributed by atoms with Gasteiger partial charge >= 0.3 is 0 Å². The molecule has 1 aromatic carbocycles. The average molecular weight is 283 g/mol. The molecular formula is C15H23ClN2O. The number of hydrogen-bond donors (Lipinski definition) is 2. The summed E-state index contributed by atoms with van der Waals surface area (Å²) in [5, 5.41) is 6.36. The summed E-state index contributed by atoms with van der Waals surface area (Å²) in [5.41, 5.74) is 0.886. The Bertz CT molecular complexity index is 377. The Morgan fingerprint density at radius 2 is 2.16 bits per heavy atom. The standard InChI is InChI=1S/C15H22N2O.ClH/c1-12(13-6-5-9-16-11-13)10-15(18)17-14-7-3-2-4-8-14;/h2-4,7-8,12-13,16H,5-6,9-11H2,1H3,(H,17,18);1H. The fraction of sp³-hybridized carbons (Fsp3) is 0.533. The number of amides is 1. The second-order valence-electron chi connectivity index (χ2n) is 5.20. The van der Waals surface area contributed by atoms with E-state index in [1.165, 1.54) is 12.8 Å². The molecule has 1 amide bonds. The van der Waals surface area contributed by atoms with Gasteiger partial charge in [0, 0.05) is 12.1 Å². The molecule has 2 atom stereocenters. The van der Waals surface area contributed by atoms with Gasteiger partial charge in [0.2, 0.25) is 5.91 Å². The largest absolute Gasteiger partial charge is 0.326 e. The average Bonchev–Trinajstić information content (AvgIpc) is 2.40. The van der Waals surface area contributed by atoms with Crippen LogP contribution in [0, 0.1) is 11.8 Å². The Hall–Kier alpha value is -1.06. The van der Waals surface area contributed by atoms with Gasteiger partial charge in [0.05, 0.1) is 0 Å². The number of halogens is 1. The maximum atomic E-state index is 11.9. The highest BCUT2D eigenvalue weighted by Gasteiger charge is 2.21. The van der Waals surface area contributed by atoms with E-state index in [4.69, 9.17) is 0 Å². The van der Waals surface area contributed by atoms with Crippen LogP contribution in [0.3, 0.4) is 0 Å². The van der Waals surface area contributed by atoms with Crippen molar-refractivity contribution in [2.75, 3.05) is 18.4 Å². The molecule has 1 aromatic rings. The molecule has 2 unspecified atom stereocenters. The van der Waals surface area contributed by atoms with Crippen LogP contribution in [0.2, 0.25) is 0 Å². The van der Waals surface area contributed by atoms with E-state index in [9.17, 15) is 4.79 Å². The molecule has 0 radical (unpaired) electrons. The Morgan fingerprint density at radius 1 is 1.42 bits per heavy atom. The van der Waals surface area contributed by atoms with Crippen molar-refractivity contribution >= 4 is 24.0 Å². The molecule has 0 bridgehead atoms. The molecule has 2 rings (SSSR count). The molecule has 0 aliphatic carbocycles. The Kier molecular flexibility index (Phi) is 6.89. The van der Waals surface area contributed by atoms with Crippen LogP contribution in [0.4, 0.5) is 5.69 Å². The van der Waals surface area contributed by atoms with Gasteiger partial charge in [-0.1, -0.05) is 25.1 Å². The highest BCUT2D eigenvalue weighted by molar-refractivity contribution is 5.90. The van der Waals surface area contributed by atoms with Crippen LogP contribution in [0.25, 0.3) is 0 Å². The van der Waals surface area contributed by atoms with Crippen LogP contribution in [-0.2, 0) is 4.79 Å². The lowest BCUT2D eigenvalue weighted by atomic mass is 9.85. The molecular weight excluding hydrogens is 260 g/mol. The number of hydrogen-bond acceptors (Lipinski definition) is 2. The number of anilines is 1. The van der Waals surface area contributed by atoms with Gasteiger partial charge in [-0.2, -0.15) is 0 Å². The predicted molar refractivity (Wildman–Crippen MR) is 81.7 cm³/mol. The summed E-state index contributed by atoms with van der Waals surface area (Å²) < 4.78 is 0. The van der Waals surface area contributed by atoms with E-state index < -0.39 is 0 Å². The third kappa shape index (κ3) is 5.21. The third-order valence-electron chi connectivity index (χ3n) is 3.70. The second-order valence-corrected chi connectivity index (χ2v) is 5.20. The van der Waals surface area contributed by atoms with Crippen LogP contribution in [-0.4, -0.2) is 19.0 Å². The molecule has 106 valence electrons. The number of carbonyl (C=O) groups excluding carboxylic acids is 1. The Balaban J connectivity index is 0.00000180. The van der Waals surface area contributed by atoms with Crippen LogP contribution < -0.4 is 10.6 Å². The first-order valence-electron chi connectivity index (χ1n) is 6.81. The number of benzene rings is 1. The Labute approximate surface area is 121 Å². The smallest absolute Gasteiger partial charge is 0.224 e. The lowest BCUT2D eigenvalue weighted by molar-refractivity contribution is -0.117. The minimum absolute atomic E-state index is 0. The molecule has 0 spiro atoms. The molecule has 0 saturated carbocycles. The van der Waals surface area contributed by atoms with Crippen molar-refractivity contribution in [2.24, 2.45) is 11.8 Å². The SMILES string of the molecule is CC(CC(=O)Nc1ccccc1)C1CCCNC1.Cl. The summed E-state index contributed by atoms with van der Waals surface area (Å²) >= 11 is 0. The van der Waals surface area contributed by atoms with E-state index in [1.54, 1.807) is 0 Å². The summed E-state index contributed by atoms with van der Waals surface area (Å²) in [5.74, 6) is 1.21. The van der Waals surface area contributed by atoms with Crippen molar-refractivity contribution in [2.45, 2.75) is 26.2 Å². The number of piperidine rings is 1. The van der Waals surface area contributed by atoms with Gasteiger partial charge < -0.3 is 10.6 Å². The van der Waals surface area contributed by atoms with Gasteiger partial charge in [-0.15, -0.1) is 12.4 Å². The predicted octanol–water partition coefficient (Wildman–Crippen LogP) is 3.07. The van der Waals surface area contributed by atoms with Gasteiger partial charge in [-0.25, -0.2) is 0 Å². The number of carbonyl (C=O) groups is 1. The quantitative estimate of drug-likeness (QED) is 0.891. The molecule has 1 heterocycles. The fourth-order valence-electron chi connectivity index (χ4n) is 2.56. The molecule has 3 nitrogen and oxygen atoms in total. The summed E-state index contributed by atoms with van der Waals surface area (Å²) in [4.78, 5) is 11.9. The zero-order valence-electron chi connectivity index (χ0n) is 11.4. The fourth-order valence-corrected chi connectivity index (χ4v) is 2.56. The van der Waals surface area contributed by atoms with E-state index in [2.05, 4.69) is 17.6 Å². The van der Waals surface area contributed by atoms with Gasteiger partial charge in [0.25, 0.3) is 0 Å². The van der Waals surface area contributed by atoms with Crippen molar-refractivity contribution in [3.8, 4) is 0 Å². The van der Waals surface area contributed by atoms with Gasteiger partial charge in [0.1, 0.15) is 0 Å². The molecule has 1 aliphatic heterocycles.